The maximum Gasteiger partial charge on any atom is 0.0538 e. The van der Waals surface area contributed by atoms with Crippen molar-refractivity contribution in [3.05, 3.63) is 87.1 Å². The van der Waals surface area contributed by atoms with Crippen molar-refractivity contribution in [3.8, 4) is 11.1 Å². The van der Waals surface area contributed by atoms with Gasteiger partial charge in [-0.05, 0) is 75.8 Å². The van der Waals surface area contributed by atoms with Gasteiger partial charge in [0.25, 0.3) is 0 Å². The van der Waals surface area contributed by atoms with Crippen molar-refractivity contribution in [3.63, 3.8) is 0 Å². The predicted octanol–water partition coefficient (Wildman–Crippen LogP) is 6.20. The minimum atomic E-state index is -0.0659. The van der Waals surface area contributed by atoms with E-state index in [1.165, 1.54) is 44.4 Å². The molecule has 1 aromatic heterocycles. The smallest absolute Gasteiger partial charge is 0.0538 e. The van der Waals surface area contributed by atoms with Crippen LogP contribution in [0.1, 0.15) is 53.6 Å². The minimum Gasteiger partial charge on any atom is -0.260 e. The molecule has 0 N–H and O–H groups in total. The Morgan fingerprint density at radius 1 is 0.962 bits per heavy atom. The van der Waals surface area contributed by atoms with Crippen LogP contribution in [0, 0.1) is 5.92 Å². The number of benzene rings is 2. The lowest BCUT2D eigenvalue weighted by Gasteiger charge is -2.33. The predicted molar refractivity (Wildman–Crippen MR) is 109 cm³/mol. The standard InChI is InChI=1S/C24H20BrN/c1-24(2)20-7-3-5-14-17-11-13(25)8-9-15(17)21-19(12-18(14)20)22(21)16-6-4-10-26-23(16)24/h3-11,19,21-22H,12H2,1-2H3. The van der Waals surface area contributed by atoms with E-state index in [2.05, 4.69) is 78.3 Å². The van der Waals surface area contributed by atoms with Gasteiger partial charge in [-0.3, -0.25) is 4.98 Å². The molecule has 128 valence electrons. The molecule has 2 heteroatoms. The van der Waals surface area contributed by atoms with Crippen molar-refractivity contribution in [1.82, 2.24) is 4.98 Å². The lowest BCUT2D eigenvalue weighted by molar-refractivity contribution is 0.582. The molecule has 3 aliphatic carbocycles. The summed E-state index contributed by atoms with van der Waals surface area (Å²) in [5.74, 6) is 1.94. The lowest BCUT2D eigenvalue weighted by atomic mass is 9.72. The molecule has 3 aliphatic rings. The highest BCUT2D eigenvalue weighted by molar-refractivity contribution is 9.10. The van der Waals surface area contributed by atoms with Gasteiger partial charge in [-0.1, -0.05) is 60.1 Å². The molecule has 0 aliphatic heterocycles. The number of rotatable bonds is 0. The Labute approximate surface area is 162 Å². The summed E-state index contributed by atoms with van der Waals surface area (Å²) in [5, 5.41) is 0. The summed E-state index contributed by atoms with van der Waals surface area (Å²) in [6, 6.07) is 18.2. The Bertz CT molecular complexity index is 1080. The Morgan fingerprint density at radius 2 is 1.81 bits per heavy atom. The zero-order valence-electron chi connectivity index (χ0n) is 15.0. The van der Waals surface area contributed by atoms with E-state index in [0.29, 0.717) is 17.8 Å². The summed E-state index contributed by atoms with van der Waals surface area (Å²) < 4.78 is 1.17. The first-order chi connectivity index (χ1) is 12.6. The molecule has 1 nitrogen and oxygen atoms in total. The van der Waals surface area contributed by atoms with Gasteiger partial charge in [0, 0.05) is 16.1 Å². The summed E-state index contributed by atoms with van der Waals surface area (Å²) in [5.41, 5.74) is 10.1. The molecule has 3 atom stereocenters. The number of hydrogen-bond acceptors (Lipinski definition) is 1. The van der Waals surface area contributed by atoms with Crippen molar-refractivity contribution >= 4 is 15.9 Å². The first-order valence-electron chi connectivity index (χ1n) is 9.45. The molecule has 3 unspecified atom stereocenters. The van der Waals surface area contributed by atoms with Crippen molar-refractivity contribution in [2.24, 2.45) is 5.92 Å². The van der Waals surface area contributed by atoms with Crippen LogP contribution >= 0.6 is 15.9 Å². The topological polar surface area (TPSA) is 12.9 Å². The van der Waals surface area contributed by atoms with E-state index in [-0.39, 0.29) is 5.41 Å². The number of halogens is 1. The molecule has 0 radical (unpaired) electrons. The molecule has 6 rings (SSSR count). The second-order valence-electron chi connectivity index (χ2n) is 8.55. The maximum absolute atomic E-state index is 4.90. The van der Waals surface area contributed by atoms with E-state index in [4.69, 9.17) is 4.98 Å². The van der Waals surface area contributed by atoms with Crippen LogP contribution in [-0.2, 0) is 11.8 Å². The van der Waals surface area contributed by atoms with Crippen LogP contribution in [-0.4, -0.2) is 4.98 Å². The number of pyridine rings is 1. The number of aromatic nitrogens is 1. The van der Waals surface area contributed by atoms with Gasteiger partial charge in [-0.2, -0.15) is 0 Å². The van der Waals surface area contributed by atoms with Crippen LogP contribution in [0.4, 0.5) is 0 Å². The molecule has 3 aromatic rings. The Balaban J connectivity index is 1.77. The molecule has 2 bridgehead atoms. The first-order valence-corrected chi connectivity index (χ1v) is 10.2. The molecule has 1 heterocycles. The van der Waals surface area contributed by atoms with Crippen LogP contribution in [0.2, 0.25) is 0 Å². The molecule has 2 aromatic carbocycles. The molecule has 0 saturated heterocycles. The van der Waals surface area contributed by atoms with Gasteiger partial charge < -0.3 is 0 Å². The molecule has 1 saturated carbocycles. The van der Waals surface area contributed by atoms with Crippen LogP contribution in [0.5, 0.6) is 0 Å². The summed E-state index contributed by atoms with van der Waals surface area (Å²) >= 11 is 3.70. The summed E-state index contributed by atoms with van der Waals surface area (Å²) in [6.45, 7) is 4.70. The summed E-state index contributed by atoms with van der Waals surface area (Å²) in [6.07, 6.45) is 3.15. The SMILES string of the molecule is CC1(C)c2cccc3c2CC2C(c4ccc(Br)cc4-3)C2c2cccnc21. The Morgan fingerprint density at radius 3 is 2.69 bits per heavy atom. The largest absolute Gasteiger partial charge is 0.260 e. The minimum absolute atomic E-state index is 0.0659. The normalized spacial score (nSPS) is 26.0. The van der Waals surface area contributed by atoms with E-state index >= 15 is 0 Å². The third-order valence-electron chi connectivity index (χ3n) is 6.91. The van der Waals surface area contributed by atoms with Crippen molar-refractivity contribution in [2.75, 3.05) is 0 Å². The van der Waals surface area contributed by atoms with Crippen LogP contribution in [0.3, 0.4) is 0 Å². The monoisotopic (exact) mass is 401 g/mol. The highest BCUT2D eigenvalue weighted by Gasteiger charge is 2.56. The van der Waals surface area contributed by atoms with Gasteiger partial charge in [0.15, 0.2) is 0 Å². The maximum atomic E-state index is 4.90. The van der Waals surface area contributed by atoms with Gasteiger partial charge in [0.2, 0.25) is 0 Å². The Hall–Kier alpha value is -1.93. The highest BCUT2D eigenvalue weighted by atomic mass is 79.9. The number of fused-ring (bicyclic) bond motifs is 6. The Kier molecular flexibility index (Phi) is 2.84. The molecule has 26 heavy (non-hydrogen) atoms. The van der Waals surface area contributed by atoms with E-state index in [1.807, 2.05) is 6.20 Å². The summed E-state index contributed by atoms with van der Waals surface area (Å²) in [7, 11) is 0. The zero-order valence-corrected chi connectivity index (χ0v) is 16.5. The molecular weight excluding hydrogens is 382 g/mol. The highest BCUT2D eigenvalue weighted by Crippen LogP contribution is 2.67. The van der Waals surface area contributed by atoms with E-state index < -0.39 is 0 Å². The second kappa shape index (κ2) is 4.86. The van der Waals surface area contributed by atoms with Crippen molar-refractivity contribution in [1.29, 1.82) is 0 Å². The number of nitrogens with zero attached hydrogens (tertiary/aromatic N) is 1. The van der Waals surface area contributed by atoms with Gasteiger partial charge in [-0.25, -0.2) is 0 Å². The van der Waals surface area contributed by atoms with Gasteiger partial charge in [0.05, 0.1) is 5.69 Å². The van der Waals surface area contributed by atoms with E-state index in [1.54, 1.807) is 5.56 Å². The van der Waals surface area contributed by atoms with Crippen LogP contribution in [0.15, 0.2) is 59.2 Å². The molecule has 0 spiro atoms. The fourth-order valence-electron chi connectivity index (χ4n) is 5.75. The van der Waals surface area contributed by atoms with Crippen molar-refractivity contribution in [2.45, 2.75) is 37.5 Å². The van der Waals surface area contributed by atoms with Gasteiger partial charge in [0.1, 0.15) is 0 Å². The third-order valence-corrected chi connectivity index (χ3v) is 7.41. The van der Waals surface area contributed by atoms with E-state index in [9.17, 15) is 0 Å². The van der Waals surface area contributed by atoms with Crippen LogP contribution in [0.25, 0.3) is 11.1 Å². The molecule has 0 amide bonds. The van der Waals surface area contributed by atoms with Crippen molar-refractivity contribution < 1.29 is 0 Å². The average molecular weight is 402 g/mol. The van der Waals surface area contributed by atoms with Crippen LogP contribution < -0.4 is 0 Å². The average Bonchev–Trinajstić information content (AvgIpc) is 3.35. The second-order valence-corrected chi connectivity index (χ2v) is 9.46. The number of hydrogen-bond donors (Lipinski definition) is 0. The fraction of sp³-hybridized carbons (Fsp3) is 0.292. The first kappa shape index (κ1) is 15.2. The summed E-state index contributed by atoms with van der Waals surface area (Å²) in [4.78, 5) is 4.90. The lowest BCUT2D eigenvalue weighted by Crippen LogP contribution is -2.26. The quantitative estimate of drug-likeness (QED) is 0.436. The van der Waals surface area contributed by atoms with E-state index in [0.717, 1.165) is 0 Å². The van der Waals surface area contributed by atoms with Gasteiger partial charge >= 0.3 is 0 Å². The zero-order chi connectivity index (χ0) is 17.6. The third kappa shape index (κ3) is 1.79. The van der Waals surface area contributed by atoms with Gasteiger partial charge in [-0.15, -0.1) is 0 Å². The molecular formula is C24H20BrN. The fourth-order valence-corrected chi connectivity index (χ4v) is 6.11. The molecule has 1 fully saturated rings.